The van der Waals surface area contributed by atoms with Crippen molar-refractivity contribution in [2.45, 2.75) is 269 Å². The van der Waals surface area contributed by atoms with Crippen molar-refractivity contribution in [2.24, 2.45) is 0 Å². The summed E-state index contributed by atoms with van der Waals surface area (Å²) >= 11 is 0. The SMILES string of the molecule is CCCCCCCCCCCC/C=C/C(O)C(COC1OC(CO)C(O)C(OS(=O)(=O)O)C1O)NC(=O)CCCCCCCCCCCCCCCCCCCCCCC. The highest BCUT2D eigenvalue weighted by Gasteiger charge is 2.48. The number of aliphatic hydroxyl groups excluding tert-OH is 4. The number of allylic oxidation sites excluding steroid dienone is 1. The summed E-state index contributed by atoms with van der Waals surface area (Å²) in [5, 5.41) is 44.7. The molecule has 0 radical (unpaired) electrons. The Hall–Kier alpha value is -1.16. The minimum atomic E-state index is -5.08. The van der Waals surface area contributed by atoms with E-state index in [9.17, 15) is 38.2 Å². The number of rotatable bonds is 42. The monoisotopic (exact) mass is 878 g/mol. The van der Waals surface area contributed by atoms with E-state index in [1.165, 1.54) is 161 Å². The second-order valence-electron chi connectivity index (χ2n) is 17.4. The van der Waals surface area contributed by atoms with Crippen molar-refractivity contribution < 1.29 is 51.8 Å². The molecule has 7 unspecified atom stereocenters. The van der Waals surface area contributed by atoms with Gasteiger partial charge in [-0.2, -0.15) is 8.42 Å². The van der Waals surface area contributed by atoms with Crippen molar-refractivity contribution in [2.75, 3.05) is 13.2 Å². The minimum absolute atomic E-state index is 0.259. The van der Waals surface area contributed by atoms with Gasteiger partial charge in [-0.05, 0) is 19.3 Å². The standard InChI is InChI=1S/C47H91NO11S/c1-3-5-7-9-11-13-15-17-18-19-20-21-22-23-24-25-27-29-31-33-35-37-43(51)48-40(41(50)36-34-32-30-28-26-16-14-12-10-8-6-4-2)39-57-47-45(53)46(59-60(54,55)56)44(52)42(38-49)58-47/h34,36,40-42,44-47,49-50,52-53H,3-33,35,37-39H2,1-2H3,(H,48,51)(H,54,55,56)/b36-34+. The van der Waals surface area contributed by atoms with Crippen LogP contribution >= 0.6 is 0 Å². The highest BCUT2D eigenvalue weighted by molar-refractivity contribution is 7.80. The molecule has 0 saturated carbocycles. The fourth-order valence-electron chi connectivity index (χ4n) is 7.98. The molecule has 7 atom stereocenters. The summed E-state index contributed by atoms with van der Waals surface area (Å²) in [4.78, 5) is 13.0. The maximum atomic E-state index is 13.0. The van der Waals surface area contributed by atoms with Crippen LogP contribution in [0.3, 0.4) is 0 Å². The van der Waals surface area contributed by atoms with Crippen LogP contribution in [0.15, 0.2) is 12.2 Å². The fraction of sp³-hybridized carbons (Fsp3) is 0.936. The van der Waals surface area contributed by atoms with Gasteiger partial charge in [0.25, 0.3) is 0 Å². The molecular formula is C47H91NO11S. The first kappa shape index (κ1) is 56.9. The first-order valence-electron chi connectivity index (χ1n) is 24.6. The highest BCUT2D eigenvalue weighted by atomic mass is 32.3. The Bertz CT molecular complexity index is 1130. The zero-order valence-corrected chi connectivity index (χ0v) is 38.9. The summed E-state index contributed by atoms with van der Waals surface area (Å²) in [7, 11) is -5.08. The van der Waals surface area contributed by atoms with Crippen LogP contribution in [0.5, 0.6) is 0 Å². The van der Waals surface area contributed by atoms with E-state index in [1.807, 2.05) is 6.08 Å². The molecule has 6 N–H and O–H groups in total. The van der Waals surface area contributed by atoms with Crippen LogP contribution in [0.4, 0.5) is 0 Å². The predicted molar refractivity (Wildman–Crippen MR) is 241 cm³/mol. The highest BCUT2D eigenvalue weighted by Crippen LogP contribution is 2.26. The van der Waals surface area contributed by atoms with Crippen molar-refractivity contribution in [3.05, 3.63) is 12.2 Å². The fourth-order valence-corrected chi connectivity index (χ4v) is 8.49. The third kappa shape index (κ3) is 30.8. The lowest BCUT2D eigenvalue weighted by atomic mass is 9.99. The van der Waals surface area contributed by atoms with Crippen LogP contribution in [0.1, 0.15) is 226 Å². The summed E-state index contributed by atoms with van der Waals surface area (Å²) in [6.07, 6.45) is 34.0. The zero-order chi connectivity index (χ0) is 44.1. The van der Waals surface area contributed by atoms with E-state index >= 15 is 0 Å². The van der Waals surface area contributed by atoms with E-state index in [0.29, 0.717) is 6.42 Å². The largest absolute Gasteiger partial charge is 0.397 e. The van der Waals surface area contributed by atoms with Gasteiger partial charge in [-0.1, -0.05) is 212 Å². The van der Waals surface area contributed by atoms with Gasteiger partial charge >= 0.3 is 10.4 Å². The van der Waals surface area contributed by atoms with Gasteiger partial charge in [-0.15, -0.1) is 0 Å². The van der Waals surface area contributed by atoms with E-state index in [4.69, 9.17) is 9.47 Å². The van der Waals surface area contributed by atoms with Crippen molar-refractivity contribution in [1.29, 1.82) is 0 Å². The molecule has 0 aliphatic carbocycles. The number of carbonyl (C=O) groups is 1. The molecular weight excluding hydrogens is 787 g/mol. The molecule has 0 aromatic heterocycles. The number of hydrogen-bond donors (Lipinski definition) is 6. The number of hydrogen-bond acceptors (Lipinski definition) is 10. The van der Waals surface area contributed by atoms with Crippen molar-refractivity contribution in [3.8, 4) is 0 Å². The average Bonchev–Trinajstić information content (AvgIpc) is 3.22. The third-order valence-electron chi connectivity index (χ3n) is 11.8. The quantitative estimate of drug-likeness (QED) is 0.0194. The molecule has 60 heavy (non-hydrogen) atoms. The van der Waals surface area contributed by atoms with E-state index < -0.39 is 59.9 Å². The van der Waals surface area contributed by atoms with Gasteiger partial charge < -0.3 is 35.2 Å². The van der Waals surface area contributed by atoms with Gasteiger partial charge in [0, 0.05) is 6.42 Å². The lowest BCUT2D eigenvalue weighted by molar-refractivity contribution is -0.298. The molecule has 1 aliphatic rings. The summed E-state index contributed by atoms with van der Waals surface area (Å²) < 4.78 is 47.6. The number of carbonyl (C=O) groups excluding carboxylic acids is 1. The van der Waals surface area contributed by atoms with Crippen LogP contribution in [0.25, 0.3) is 0 Å². The normalized spacial score (nSPS) is 20.8. The maximum Gasteiger partial charge on any atom is 0.397 e. The summed E-state index contributed by atoms with van der Waals surface area (Å²) in [5.74, 6) is -0.259. The van der Waals surface area contributed by atoms with Crippen LogP contribution in [0, 0.1) is 0 Å². The molecule has 12 nitrogen and oxygen atoms in total. The number of ether oxygens (including phenoxy) is 2. The van der Waals surface area contributed by atoms with Gasteiger partial charge in [0.15, 0.2) is 6.29 Å². The van der Waals surface area contributed by atoms with E-state index in [2.05, 4.69) is 23.3 Å². The van der Waals surface area contributed by atoms with Crippen LogP contribution in [0.2, 0.25) is 0 Å². The molecule has 1 amide bonds. The summed E-state index contributed by atoms with van der Waals surface area (Å²) in [5.41, 5.74) is 0. The van der Waals surface area contributed by atoms with Crippen molar-refractivity contribution in [1.82, 2.24) is 5.32 Å². The average molecular weight is 878 g/mol. The number of amides is 1. The molecule has 1 heterocycles. The number of unbranched alkanes of at least 4 members (excludes halogenated alkanes) is 30. The Morgan fingerprint density at radius 1 is 0.650 bits per heavy atom. The molecule has 356 valence electrons. The van der Waals surface area contributed by atoms with E-state index in [-0.39, 0.29) is 18.9 Å². The maximum absolute atomic E-state index is 13.0. The molecule has 0 aromatic carbocycles. The number of aliphatic hydroxyl groups is 4. The van der Waals surface area contributed by atoms with Gasteiger partial charge in [0.05, 0.1) is 25.4 Å². The second kappa shape index (κ2) is 38.3. The molecule has 0 aromatic rings. The van der Waals surface area contributed by atoms with Gasteiger partial charge in [0.1, 0.15) is 24.4 Å². The zero-order valence-electron chi connectivity index (χ0n) is 38.0. The molecule has 0 bridgehead atoms. The lowest BCUT2D eigenvalue weighted by Crippen LogP contribution is -2.61. The Labute approximate surface area is 366 Å². The third-order valence-corrected chi connectivity index (χ3v) is 12.3. The molecule has 1 aliphatic heterocycles. The van der Waals surface area contributed by atoms with Gasteiger partial charge in [-0.25, -0.2) is 4.18 Å². The minimum Gasteiger partial charge on any atom is -0.394 e. The topological polar surface area (TPSA) is 192 Å². The van der Waals surface area contributed by atoms with Crippen molar-refractivity contribution in [3.63, 3.8) is 0 Å². The molecule has 13 heteroatoms. The Morgan fingerprint density at radius 3 is 1.45 bits per heavy atom. The lowest BCUT2D eigenvalue weighted by Gasteiger charge is -2.41. The molecule has 1 fully saturated rings. The molecule has 1 rings (SSSR count). The van der Waals surface area contributed by atoms with E-state index in [1.54, 1.807) is 6.08 Å². The Balaban J connectivity index is 2.42. The first-order valence-corrected chi connectivity index (χ1v) is 25.9. The number of nitrogens with one attached hydrogen (secondary N) is 1. The van der Waals surface area contributed by atoms with Gasteiger partial charge in [-0.3, -0.25) is 9.35 Å². The molecule has 1 saturated heterocycles. The van der Waals surface area contributed by atoms with Gasteiger partial charge in [0.2, 0.25) is 5.91 Å². The second-order valence-corrected chi connectivity index (χ2v) is 18.5. The van der Waals surface area contributed by atoms with Crippen LogP contribution in [-0.4, -0.2) is 95.4 Å². The smallest absolute Gasteiger partial charge is 0.394 e. The predicted octanol–water partition coefficient (Wildman–Crippen LogP) is 9.94. The van der Waals surface area contributed by atoms with Crippen molar-refractivity contribution >= 4 is 16.3 Å². The van der Waals surface area contributed by atoms with E-state index in [0.717, 1.165) is 38.5 Å². The summed E-state index contributed by atoms with van der Waals surface area (Å²) in [6.45, 7) is 3.39. The first-order chi connectivity index (χ1) is 29.0. The van der Waals surface area contributed by atoms with Crippen LogP contribution in [-0.2, 0) is 28.9 Å². The Morgan fingerprint density at radius 2 is 1.05 bits per heavy atom. The molecule has 0 spiro atoms. The Kier molecular flexibility index (Phi) is 36.3. The summed E-state index contributed by atoms with van der Waals surface area (Å²) in [6, 6.07) is -0.937. The van der Waals surface area contributed by atoms with Crippen LogP contribution < -0.4 is 5.32 Å².